The summed E-state index contributed by atoms with van der Waals surface area (Å²) in [6.45, 7) is 0. The molecule has 0 spiro atoms. The molecule has 0 heterocycles. The standard InChI is InChI=1S/C23H20F3N3O2/c24-23(25,26)17-6-3-9-20(14-17)29-22(31)16-5-2-8-19(13-16)28-21(30)11-10-15-4-1-7-18(27)12-15/h1-9,12-14H,10-11,27H2,(H,28,30)(H,29,31). The third-order valence-corrected chi connectivity index (χ3v) is 4.45. The number of nitrogens with one attached hydrogen (secondary N) is 2. The molecule has 0 fully saturated rings. The fourth-order valence-corrected chi connectivity index (χ4v) is 2.94. The minimum absolute atomic E-state index is 0.0244. The molecule has 0 atom stereocenters. The lowest BCUT2D eigenvalue weighted by Crippen LogP contribution is -2.15. The Morgan fingerprint density at radius 3 is 2.23 bits per heavy atom. The Morgan fingerprint density at radius 2 is 1.52 bits per heavy atom. The van der Waals surface area contributed by atoms with Gasteiger partial charge in [0.25, 0.3) is 5.91 Å². The van der Waals surface area contributed by atoms with E-state index in [1.165, 1.54) is 24.3 Å². The third-order valence-electron chi connectivity index (χ3n) is 4.45. The van der Waals surface area contributed by atoms with Crippen LogP contribution in [0.2, 0.25) is 0 Å². The Bertz CT molecular complexity index is 1100. The van der Waals surface area contributed by atoms with Crippen molar-refractivity contribution >= 4 is 28.9 Å². The molecule has 0 unspecified atom stereocenters. The molecule has 3 aromatic rings. The molecule has 0 aliphatic heterocycles. The molecule has 0 saturated heterocycles. The lowest BCUT2D eigenvalue weighted by molar-refractivity contribution is -0.137. The average Bonchev–Trinajstić information content (AvgIpc) is 2.72. The van der Waals surface area contributed by atoms with Crippen molar-refractivity contribution in [1.82, 2.24) is 0 Å². The number of nitrogens with two attached hydrogens (primary N) is 1. The maximum Gasteiger partial charge on any atom is 0.416 e. The molecule has 8 heteroatoms. The second-order valence-electron chi connectivity index (χ2n) is 6.91. The summed E-state index contributed by atoms with van der Waals surface area (Å²) in [5.74, 6) is -0.826. The van der Waals surface area contributed by atoms with E-state index in [1.807, 2.05) is 12.1 Å². The van der Waals surface area contributed by atoms with Crippen LogP contribution in [0.5, 0.6) is 0 Å². The number of halogens is 3. The molecule has 0 saturated carbocycles. The largest absolute Gasteiger partial charge is 0.416 e. The Balaban J connectivity index is 1.61. The van der Waals surface area contributed by atoms with Crippen molar-refractivity contribution in [3.8, 4) is 0 Å². The van der Waals surface area contributed by atoms with Crippen molar-refractivity contribution in [2.45, 2.75) is 19.0 Å². The summed E-state index contributed by atoms with van der Waals surface area (Å²) in [5.41, 5.74) is 7.06. The quantitative estimate of drug-likeness (QED) is 0.478. The van der Waals surface area contributed by atoms with Crippen molar-refractivity contribution in [1.29, 1.82) is 0 Å². The smallest absolute Gasteiger partial charge is 0.399 e. The lowest BCUT2D eigenvalue weighted by atomic mass is 10.1. The van der Waals surface area contributed by atoms with Crippen molar-refractivity contribution < 1.29 is 22.8 Å². The first-order valence-corrected chi connectivity index (χ1v) is 9.44. The Hall–Kier alpha value is -3.81. The number of rotatable bonds is 6. The van der Waals surface area contributed by atoms with Crippen LogP contribution in [0.1, 0.15) is 27.9 Å². The maximum absolute atomic E-state index is 12.8. The van der Waals surface area contributed by atoms with Crippen LogP contribution in [-0.4, -0.2) is 11.8 Å². The molecule has 3 rings (SSSR count). The molecule has 0 aliphatic rings. The van der Waals surface area contributed by atoms with Gasteiger partial charge in [-0.1, -0.05) is 24.3 Å². The summed E-state index contributed by atoms with van der Waals surface area (Å²) >= 11 is 0. The van der Waals surface area contributed by atoms with Gasteiger partial charge in [0.2, 0.25) is 5.91 Å². The fraction of sp³-hybridized carbons (Fsp3) is 0.130. The number of carbonyl (C=O) groups is 2. The van der Waals surface area contributed by atoms with Crippen LogP contribution >= 0.6 is 0 Å². The van der Waals surface area contributed by atoms with Gasteiger partial charge in [-0.2, -0.15) is 13.2 Å². The SMILES string of the molecule is Nc1cccc(CCC(=O)Nc2cccc(C(=O)Nc3cccc(C(F)(F)F)c3)c2)c1. The van der Waals surface area contributed by atoms with E-state index in [4.69, 9.17) is 5.73 Å². The molecule has 5 nitrogen and oxygen atoms in total. The van der Waals surface area contributed by atoms with E-state index < -0.39 is 17.6 Å². The highest BCUT2D eigenvalue weighted by atomic mass is 19.4. The number of aryl methyl sites for hydroxylation is 1. The summed E-state index contributed by atoms with van der Waals surface area (Å²) in [6, 6.07) is 17.8. The summed E-state index contributed by atoms with van der Waals surface area (Å²) < 4.78 is 38.5. The van der Waals surface area contributed by atoms with Crippen LogP contribution in [0, 0.1) is 0 Å². The van der Waals surface area contributed by atoms with Gasteiger partial charge in [0.1, 0.15) is 0 Å². The van der Waals surface area contributed by atoms with Gasteiger partial charge >= 0.3 is 6.18 Å². The molecule has 2 amide bonds. The highest BCUT2D eigenvalue weighted by molar-refractivity contribution is 6.05. The van der Waals surface area contributed by atoms with Crippen molar-refractivity contribution in [3.05, 3.63) is 89.5 Å². The topological polar surface area (TPSA) is 84.2 Å². The molecule has 0 aliphatic carbocycles. The number of nitrogen functional groups attached to an aromatic ring is 1. The lowest BCUT2D eigenvalue weighted by Gasteiger charge is -2.11. The van der Waals surface area contributed by atoms with Crippen molar-refractivity contribution in [2.75, 3.05) is 16.4 Å². The van der Waals surface area contributed by atoms with Gasteiger partial charge in [0.15, 0.2) is 0 Å². The Morgan fingerprint density at radius 1 is 0.839 bits per heavy atom. The van der Waals surface area contributed by atoms with Gasteiger partial charge in [-0.25, -0.2) is 0 Å². The van der Waals surface area contributed by atoms with E-state index in [9.17, 15) is 22.8 Å². The zero-order chi connectivity index (χ0) is 22.4. The molecule has 0 aromatic heterocycles. The third kappa shape index (κ3) is 6.33. The van der Waals surface area contributed by atoms with Crippen LogP contribution in [0.4, 0.5) is 30.2 Å². The van der Waals surface area contributed by atoms with Gasteiger partial charge in [-0.05, 0) is 60.5 Å². The van der Waals surface area contributed by atoms with E-state index in [-0.39, 0.29) is 23.6 Å². The number of amides is 2. The first-order valence-electron chi connectivity index (χ1n) is 9.44. The zero-order valence-corrected chi connectivity index (χ0v) is 16.4. The molecule has 3 aromatic carbocycles. The molecule has 31 heavy (non-hydrogen) atoms. The van der Waals surface area contributed by atoms with Crippen LogP contribution in [0.3, 0.4) is 0 Å². The van der Waals surface area contributed by atoms with Crippen molar-refractivity contribution in [2.24, 2.45) is 0 Å². The summed E-state index contributed by atoms with van der Waals surface area (Å²) in [5, 5.41) is 5.16. The minimum atomic E-state index is -4.50. The number of hydrogen-bond acceptors (Lipinski definition) is 3. The predicted molar refractivity (Wildman–Crippen MR) is 114 cm³/mol. The first-order chi connectivity index (χ1) is 14.7. The fourth-order valence-electron chi connectivity index (χ4n) is 2.94. The Kier molecular flexibility index (Phi) is 6.59. The van der Waals surface area contributed by atoms with Gasteiger partial charge in [-0.15, -0.1) is 0 Å². The molecule has 0 bridgehead atoms. The van der Waals surface area contributed by atoms with E-state index in [0.29, 0.717) is 17.8 Å². The van der Waals surface area contributed by atoms with E-state index in [1.54, 1.807) is 24.3 Å². The minimum Gasteiger partial charge on any atom is -0.399 e. The van der Waals surface area contributed by atoms with Crippen LogP contribution < -0.4 is 16.4 Å². The average molecular weight is 427 g/mol. The number of anilines is 3. The van der Waals surface area contributed by atoms with Crippen molar-refractivity contribution in [3.63, 3.8) is 0 Å². The molecule has 160 valence electrons. The van der Waals surface area contributed by atoms with Gasteiger partial charge in [0, 0.05) is 29.0 Å². The van der Waals surface area contributed by atoms with E-state index >= 15 is 0 Å². The van der Waals surface area contributed by atoms with Crippen LogP contribution in [-0.2, 0) is 17.4 Å². The highest BCUT2D eigenvalue weighted by Gasteiger charge is 2.30. The van der Waals surface area contributed by atoms with Crippen LogP contribution in [0.25, 0.3) is 0 Å². The van der Waals surface area contributed by atoms with Gasteiger partial charge < -0.3 is 16.4 Å². The highest BCUT2D eigenvalue weighted by Crippen LogP contribution is 2.30. The van der Waals surface area contributed by atoms with Gasteiger partial charge in [-0.3, -0.25) is 9.59 Å². The van der Waals surface area contributed by atoms with Crippen LogP contribution in [0.15, 0.2) is 72.8 Å². The van der Waals surface area contributed by atoms with E-state index in [0.717, 1.165) is 17.7 Å². The predicted octanol–water partition coefficient (Wildman–Crippen LogP) is 5.11. The summed E-state index contributed by atoms with van der Waals surface area (Å²) in [4.78, 5) is 24.7. The molecule has 0 radical (unpaired) electrons. The monoisotopic (exact) mass is 427 g/mol. The zero-order valence-electron chi connectivity index (χ0n) is 16.4. The summed E-state index contributed by atoms with van der Waals surface area (Å²) in [7, 11) is 0. The second kappa shape index (κ2) is 9.34. The number of alkyl halides is 3. The maximum atomic E-state index is 12.8. The second-order valence-corrected chi connectivity index (χ2v) is 6.91. The number of benzene rings is 3. The Labute approximate surface area is 177 Å². The van der Waals surface area contributed by atoms with Gasteiger partial charge in [0.05, 0.1) is 5.56 Å². The molecular weight excluding hydrogens is 407 g/mol. The summed E-state index contributed by atoms with van der Waals surface area (Å²) in [6.07, 6.45) is -3.77. The molecule has 4 N–H and O–H groups in total. The normalized spacial score (nSPS) is 11.1. The molecular formula is C23H20F3N3O2. The number of carbonyl (C=O) groups excluding carboxylic acids is 2. The van der Waals surface area contributed by atoms with E-state index in [2.05, 4.69) is 10.6 Å². The first kappa shape index (κ1) is 21.9. The number of hydrogen-bond donors (Lipinski definition) is 3.